The Balaban J connectivity index is 1.80. The van der Waals surface area contributed by atoms with E-state index in [2.05, 4.69) is 45.1 Å². The molecule has 1 N–H and O–H groups in total. The molecule has 20 heavy (non-hydrogen) atoms. The minimum atomic E-state index is 0.306. The van der Waals surface area contributed by atoms with Gasteiger partial charge in [-0.2, -0.15) is 11.3 Å². The van der Waals surface area contributed by atoms with Gasteiger partial charge in [0.2, 0.25) is 5.28 Å². The van der Waals surface area contributed by atoms with Crippen LogP contribution >= 0.6 is 34.3 Å². The van der Waals surface area contributed by atoms with E-state index >= 15 is 0 Å². The number of hydrogen-bond donors (Lipinski definition) is 1. The van der Waals surface area contributed by atoms with Crippen LogP contribution < -0.4 is 5.32 Å². The van der Waals surface area contributed by atoms with E-state index < -0.39 is 0 Å². The topological polar surface area (TPSA) is 37.8 Å². The standard InChI is InChI=1S/C14H14ClN3S2/c1-2-10-7-11-12(17-14(15)18-13(11)20-10)16-5-3-9-4-6-19-8-9/h4,6-8H,2-3,5H2,1H3,(H,16,17,18). The van der Waals surface area contributed by atoms with Crippen LogP contribution in [0.5, 0.6) is 0 Å². The second-order valence-corrected chi connectivity index (χ2v) is 6.67. The zero-order chi connectivity index (χ0) is 13.9. The molecule has 0 amide bonds. The quantitative estimate of drug-likeness (QED) is 0.696. The number of nitrogens with one attached hydrogen (secondary N) is 1. The number of rotatable bonds is 5. The molecular formula is C14H14ClN3S2. The van der Waals surface area contributed by atoms with Crippen molar-refractivity contribution in [2.75, 3.05) is 11.9 Å². The average Bonchev–Trinajstić information content (AvgIpc) is 3.06. The third kappa shape index (κ3) is 2.95. The van der Waals surface area contributed by atoms with E-state index in [1.165, 1.54) is 10.4 Å². The highest BCUT2D eigenvalue weighted by molar-refractivity contribution is 7.18. The molecule has 3 heterocycles. The van der Waals surface area contributed by atoms with Gasteiger partial charge in [0.25, 0.3) is 0 Å². The maximum atomic E-state index is 6.00. The van der Waals surface area contributed by atoms with Gasteiger partial charge in [-0.25, -0.2) is 9.97 Å². The monoisotopic (exact) mass is 323 g/mol. The van der Waals surface area contributed by atoms with Gasteiger partial charge in [-0.15, -0.1) is 11.3 Å². The van der Waals surface area contributed by atoms with Crippen molar-refractivity contribution in [3.63, 3.8) is 0 Å². The first kappa shape index (κ1) is 13.8. The van der Waals surface area contributed by atoms with Gasteiger partial charge < -0.3 is 5.32 Å². The maximum absolute atomic E-state index is 6.00. The second kappa shape index (κ2) is 6.08. The van der Waals surface area contributed by atoms with Crippen LogP contribution in [-0.4, -0.2) is 16.5 Å². The van der Waals surface area contributed by atoms with Crippen LogP contribution in [0.15, 0.2) is 22.9 Å². The summed E-state index contributed by atoms with van der Waals surface area (Å²) in [4.78, 5) is 10.9. The molecule has 0 atom stereocenters. The molecule has 0 aliphatic heterocycles. The Kier molecular flexibility index (Phi) is 4.19. The lowest BCUT2D eigenvalue weighted by molar-refractivity contribution is 1.01. The number of nitrogens with zero attached hydrogens (tertiary/aromatic N) is 2. The lowest BCUT2D eigenvalue weighted by atomic mass is 10.2. The predicted octanol–water partition coefficient (Wildman–Crippen LogP) is 4.62. The summed E-state index contributed by atoms with van der Waals surface area (Å²) in [6, 6.07) is 4.30. The Bertz CT molecular complexity index is 707. The summed E-state index contributed by atoms with van der Waals surface area (Å²) in [7, 11) is 0. The highest BCUT2D eigenvalue weighted by Gasteiger charge is 2.10. The largest absolute Gasteiger partial charge is 0.369 e. The van der Waals surface area contributed by atoms with E-state index in [9.17, 15) is 0 Å². The highest BCUT2D eigenvalue weighted by Crippen LogP contribution is 2.30. The second-order valence-electron chi connectivity index (χ2n) is 4.43. The molecule has 0 spiro atoms. The van der Waals surface area contributed by atoms with Crippen molar-refractivity contribution in [3.05, 3.63) is 38.6 Å². The van der Waals surface area contributed by atoms with Crippen LogP contribution in [0.1, 0.15) is 17.4 Å². The normalized spacial score (nSPS) is 11.1. The molecule has 6 heteroatoms. The van der Waals surface area contributed by atoms with Crippen molar-refractivity contribution in [2.24, 2.45) is 0 Å². The first-order valence-corrected chi connectivity index (χ1v) is 8.61. The van der Waals surface area contributed by atoms with Crippen LogP contribution in [-0.2, 0) is 12.8 Å². The summed E-state index contributed by atoms with van der Waals surface area (Å²) >= 11 is 9.41. The smallest absolute Gasteiger partial charge is 0.225 e. The Hall–Kier alpha value is -1.17. The van der Waals surface area contributed by atoms with Gasteiger partial charge >= 0.3 is 0 Å². The highest BCUT2D eigenvalue weighted by atomic mass is 35.5. The van der Waals surface area contributed by atoms with E-state index in [0.717, 1.165) is 35.4 Å². The Morgan fingerprint density at radius 3 is 3.00 bits per heavy atom. The number of anilines is 1. The van der Waals surface area contributed by atoms with Crippen molar-refractivity contribution in [2.45, 2.75) is 19.8 Å². The third-order valence-corrected chi connectivity index (χ3v) is 5.13. The minimum absolute atomic E-state index is 0.306. The number of aromatic nitrogens is 2. The third-order valence-electron chi connectivity index (χ3n) is 3.05. The van der Waals surface area contributed by atoms with E-state index in [1.807, 2.05) is 0 Å². The van der Waals surface area contributed by atoms with Gasteiger partial charge in [-0.1, -0.05) is 6.92 Å². The molecule has 0 aliphatic carbocycles. The van der Waals surface area contributed by atoms with Crippen molar-refractivity contribution >= 4 is 50.3 Å². The van der Waals surface area contributed by atoms with Gasteiger partial charge in [0.1, 0.15) is 10.6 Å². The molecule has 3 aromatic rings. The van der Waals surface area contributed by atoms with Gasteiger partial charge in [0, 0.05) is 11.4 Å². The SMILES string of the molecule is CCc1cc2c(NCCc3ccsc3)nc(Cl)nc2s1. The molecule has 0 saturated carbocycles. The number of halogens is 1. The molecular weight excluding hydrogens is 310 g/mol. The predicted molar refractivity (Wildman–Crippen MR) is 88.3 cm³/mol. The van der Waals surface area contributed by atoms with E-state index in [-0.39, 0.29) is 0 Å². The molecule has 3 aromatic heterocycles. The fourth-order valence-corrected chi connectivity index (χ4v) is 3.90. The van der Waals surface area contributed by atoms with E-state index in [1.54, 1.807) is 22.7 Å². The Morgan fingerprint density at radius 1 is 1.35 bits per heavy atom. The van der Waals surface area contributed by atoms with Gasteiger partial charge in [0.15, 0.2) is 0 Å². The number of thiophene rings is 2. The molecule has 0 aliphatic rings. The summed E-state index contributed by atoms with van der Waals surface area (Å²) in [5.41, 5.74) is 1.35. The Labute approximate surface area is 130 Å². The summed E-state index contributed by atoms with van der Waals surface area (Å²) < 4.78 is 0. The van der Waals surface area contributed by atoms with Crippen molar-refractivity contribution in [1.82, 2.24) is 9.97 Å². The van der Waals surface area contributed by atoms with Crippen molar-refractivity contribution in [1.29, 1.82) is 0 Å². The molecule has 0 unspecified atom stereocenters. The fourth-order valence-electron chi connectivity index (χ4n) is 2.01. The summed E-state index contributed by atoms with van der Waals surface area (Å²) in [5.74, 6) is 0.839. The van der Waals surface area contributed by atoms with E-state index in [4.69, 9.17) is 11.6 Å². The van der Waals surface area contributed by atoms with E-state index in [0.29, 0.717) is 5.28 Å². The van der Waals surface area contributed by atoms with Crippen LogP contribution in [0, 0.1) is 0 Å². The number of fused-ring (bicyclic) bond motifs is 1. The fraction of sp³-hybridized carbons (Fsp3) is 0.286. The van der Waals surface area contributed by atoms with Crippen LogP contribution in [0.4, 0.5) is 5.82 Å². The molecule has 3 rings (SSSR count). The molecule has 0 radical (unpaired) electrons. The molecule has 0 fully saturated rings. The lowest BCUT2D eigenvalue weighted by Gasteiger charge is -2.06. The van der Waals surface area contributed by atoms with Crippen LogP contribution in [0.3, 0.4) is 0 Å². The molecule has 3 nitrogen and oxygen atoms in total. The summed E-state index contributed by atoms with van der Waals surface area (Å²) in [6.45, 7) is 2.99. The number of hydrogen-bond acceptors (Lipinski definition) is 5. The van der Waals surface area contributed by atoms with Crippen molar-refractivity contribution in [3.8, 4) is 0 Å². The number of aryl methyl sites for hydroxylation is 1. The van der Waals surface area contributed by atoms with Crippen LogP contribution in [0.2, 0.25) is 5.28 Å². The lowest BCUT2D eigenvalue weighted by Crippen LogP contribution is -2.06. The maximum Gasteiger partial charge on any atom is 0.225 e. The van der Waals surface area contributed by atoms with Gasteiger partial charge in [-0.3, -0.25) is 0 Å². The average molecular weight is 324 g/mol. The Morgan fingerprint density at radius 2 is 2.25 bits per heavy atom. The summed E-state index contributed by atoms with van der Waals surface area (Å²) in [5, 5.41) is 9.03. The first-order valence-electron chi connectivity index (χ1n) is 6.47. The molecule has 104 valence electrons. The summed E-state index contributed by atoms with van der Waals surface area (Å²) in [6.07, 6.45) is 1.99. The van der Waals surface area contributed by atoms with Crippen LogP contribution in [0.25, 0.3) is 10.2 Å². The van der Waals surface area contributed by atoms with Gasteiger partial charge in [-0.05, 0) is 52.9 Å². The molecule has 0 aromatic carbocycles. The first-order chi connectivity index (χ1) is 9.76. The molecule has 0 saturated heterocycles. The zero-order valence-electron chi connectivity index (χ0n) is 11.0. The van der Waals surface area contributed by atoms with Gasteiger partial charge in [0.05, 0.1) is 5.39 Å². The molecule has 0 bridgehead atoms. The van der Waals surface area contributed by atoms with Crippen molar-refractivity contribution < 1.29 is 0 Å². The minimum Gasteiger partial charge on any atom is -0.369 e. The zero-order valence-corrected chi connectivity index (χ0v) is 13.4.